The summed E-state index contributed by atoms with van der Waals surface area (Å²) in [6, 6.07) is 5.62. The van der Waals surface area contributed by atoms with Gasteiger partial charge in [-0.3, -0.25) is 0 Å². The van der Waals surface area contributed by atoms with Crippen molar-refractivity contribution in [2.75, 3.05) is 32.2 Å². The summed E-state index contributed by atoms with van der Waals surface area (Å²) in [6.07, 6.45) is 0.987. The van der Waals surface area contributed by atoms with Crippen LogP contribution in [-0.4, -0.2) is 32.3 Å². The summed E-state index contributed by atoms with van der Waals surface area (Å²) < 4.78 is 4.98. The summed E-state index contributed by atoms with van der Waals surface area (Å²) in [6.45, 7) is 1.69. The molecule has 0 atom stereocenters. The normalized spacial score (nSPS) is 10.2. The molecule has 1 aromatic heterocycles. The summed E-state index contributed by atoms with van der Waals surface area (Å²) in [5.41, 5.74) is 0. The second-order valence-corrected chi connectivity index (χ2v) is 3.47. The second kappa shape index (κ2) is 5.83. The van der Waals surface area contributed by atoms with Crippen LogP contribution in [0.4, 0.5) is 5.82 Å². The van der Waals surface area contributed by atoms with E-state index in [4.69, 9.17) is 16.3 Å². The van der Waals surface area contributed by atoms with Crippen molar-refractivity contribution in [3.63, 3.8) is 0 Å². The molecule has 0 aromatic carbocycles. The zero-order chi connectivity index (χ0) is 10.4. The molecule has 78 valence electrons. The lowest BCUT2D eigenvalue weighted by Crippen LogP contribution is -2.20. The maximum absolute atomic E-state index is 5.79. The summed E-state index contributed by atoms with van der Waals surface area (Å²) in [4.78, 5) is 6.26. The summed E-state index contributed by atoms with van der Waals surface area (Å²) in [5, 5.41) is 0.529. The predicted molar refractivity (Wildman–Crippen MR) is 59.0 cm³/mol. The van der Waals surface area contributed by atoms with E-state index in [9.17, 15) is 0 Å². The van der Waals surface area contributed by atoms with Crippen LogP contribution in [-0.2, 0) is 4.74 Å². The van der Waals surface area contributed by atoms with Crippen molar-refractivity contribution >= 4 is 17.4 Å². The Balaban J connectivity index is 2.47. The molecule has 0 saturated heterocycles. The highest BCUT2D eigenvalue weighted by molar-refractivity contribution is 6.29. The Hall–Kier alpha value is -0.800. The molecule has 0 fully saturated rings. The highest BCUT2D eigenvalue weighted by atomic mass is 35.5. The number of nitrogens with zero attached hydrogens (tertiary/aromatic N) is 2. The Morgan fingerprint density at radius 3 is 2.93 bits per heavy atom. The minimum absolute atomic E-state index is 0.529. The Bertz CT molecular complexity index is 281. The van der Waals surface area contributed by atoms with E-state index in [2.05, 4.69) is 9.88 Å². The van der Waals surface area contributed by atoms with Crippen molar-refractivity contribution in [1.29, 1.82) is 0 Å². The molecular formula is C10H15ClN2O. The Kier molecular flexibility index (Phi) is 4.70. The van der Waals surface area contributed by atoms with Gasteiger partial charge in [0.05, 0.1) is 0 Å². The van der Waals surface area contributed by atoms with Crippen molar-refractivity contribution in [2.24, 2.45) is 0 Å². The Labute approximate surface area is 89.7 Å². The third-order valence-corrected chi connectivity index (χ3v) is 2.14. The molecule has 0 aliphatic rings. The number of methoxy groups -OCH3 is 1. The summed E-state index contributed by atoms with van der Waals surface area (Å²) in [5.74, 6) is 0.897. The fourth-order valence-corrected chi connectivity index (χ4v) is 1.33. The average molecular weight is 215 g/mol. The number of aromatic nitrogens is 1. The van der Waals surface area contributed by atoms with Gasteiger partial charge in [-0.1, -0.05) is 17.7 Å². The summed E-state index contributed by atoms with van der Waals surface area (Å²) >= 11 is 5.79. The molecule has 1 heterocycles. The van der Waals surface area contributed by atoms with Gasteiger partial charge < -0.3 is 9.64 Å². The molecule has 0 radical (unpaired) electrons. The van der Waals surface area contributed by atoms with Crippen LogP contribution >= 0.6 is 11.6 Å². The van der Waals surface area contributed by atoms with Gasteiger partial charge >= 0.3 is 0 Å². The average Bonchev–Trinajstić information content (AvgIpc) is 2.18. The van der Waals surface area contributed by atoms with Crippen LogP contribution < -0.4 is 4.90 Å². The maximum Gasteiger partial charge on any atom is 0.131 e. The lowest BCUT2D eigenvalue weighted by atomic mass is 10.4. The molecule has 1 aromatic rings. The van der Waals surface area contributed by atoms with Gasteiger partial charge in [-0.25, -0.2) is 4.98 Å². The van der Waals surface area contributed by atoms with Crippen LogP contribution in [0.25, 0.3) is 0 Å². The topological polar surface area (TPSA) is 25.4 Å². The first-order chi connectivity index (χ1) is 6.74. The van der Waals surface area contributed by atoms with Crippen molar-refractivity contribution in [1.82, 2.24) is 4.98 Å². The molecule has 0 spiro atoms. The van der Waals surface area contributed by atoms with E-state index in [0.717, 1.165) is 25.4 Å². The fraction of sp³-hybridized carbons (Fsp3) is 0.500. The lowest BCUT2D eigenvalue weighted by molar-refractivity contribution is 0.196. The van der Waals surface area contributed by atoms with Gasteiger partial charge in [-0.2, -0.15) is 0 Å². The van der Waals surface area contributed by atoms with Gasteiger partial charge in [0.25, 0.3) is 0 Å². The number of anilines is 1. The van der Waals surface area contributed by atoms with Crippen LogP contribution in [0.1, 0.15) is 6.42 Å². The third kappa shape index (κ3) is 3.52. The van der Waals surface area contributed by atoms with Crippen molar-refractivity contribution in [3.8, 4) is 0 Å². The van der Waals surface area contributed by atoms with E-state index in [0.29, 0.717) is 5.15 Å². The third-order valence-electron chi connectivity index (χ3n) is 1.93. The molecule has 0 aliphatic carbocycles. The number of halogens is 1. The molecular weight excluding hydrogens is 200 g/mol. The molecule has 3 nitrogen and oxygen atoms in total. The van der Waals surface area contributed by atoms with Crippen LogP contribution in [0.5, 0.6) is 0 Å². The minimum atomic E-state index is 0.529. The molecule has 0 bridgehead atoms. The molecule has 0 saturated carbocycles. The minimum Gasteiger partial charge on any atom is -0.385 e. The number of rotatable bonds is 5. The molecule has 14 heavy (non-hydrogen) atoms. The fourth-order valence-electron chi connectivity index (χ4n) is 1.17. The van der Waals surface area contributed by atoms with Gasteiger partial charge in [0, 0.05) is 27.3 Å². The van der Waals surface area contributed by atoms with E-state index < -0.39 is 0 Å². The van der Waals surface area contributed by atoms with Crippen LogP contribution in [0.15, 0.2) is 18.2 Å². The molecule has 4 heteroatoms. The number of hydrogen-bond donors (Lipinski definition) is 0. The summed E-state index contributed by atoms with van der Waals surface area (Å²) in [7, 11) is 3.70. The van der Waals surface area contributed by atoms with E-state index >= 15 is 0 Å². The number of hydrogen-bond acceptors (Lipinski definition) is 3. The monoisotopic (exact) mass is 214 g/mol. The van der Waals surface area contributed by atoms with E-state index in [1.54, 1.807) is 13.2 Å². The molecule has 0 N–H and O–H groups in total. The SMILES string of the molecule is COCCCN(C)c1cccc(Cl)n1. The zero-order valence-electron chi connectivity index (χ0n) is 8.53. The zero-order valence-corrected chi connectivity index (χ0v) is 9.29. The van der Waals surface area contributed by atoms with E-state index in [-0.39, 0.29) is 0 Å². The smallest absolute Gasteiger partial charge is 0.131 e. The Morgan fingerprint density at radius 1 is 1.50 bits per heavy atom. The second-order valence-electron chi connectivity index (χ2n) is 3.09. The largest absolute Gasteiger partial charge is 0.385 e. The maximum atomic E-state index is 5.79. The first-order valence-corrected chi connectivity index (χ1v) is 4.94. The highest BCUT2D eigenvalue weighted by Gasteiger charge is 2.01. The quantitative estimate of drug-likeness (QED) is 0.555. The van der Waals surface area contributed by atoms with Gasteiger partial charge in [0.2, 0.25) is 0 Å². The van der Waals surface area contributed by atoms with Crippen LogP contribution in [0, 0.1) is 0 Å². The molecule has 0 unspecified atom stereocenters. The van der Waals surface area contributed by atoms with Gasteiger partial charge in [0.1, 0.15) is 11.0 Å². The van der Waals surface area contributed by atoms with Gasteiger partial charge in [-0.15, -0.1) is 0 Å². The first-order valence-electron chi connectivity index (χ1n) is 4.56. The molecule has 0 amide bonds. The van der Waals surface area contributed by atoms with E-state index in [1.807, 2.05) is 19.2 Å². The standard InChI is InChI=1S/C10H15ClN2O/c1-13(7-4-8-14-2)10-6-3-5-9(11)12-10/h3,5-6H,4,7-8H2,1-2H3. The number of pyridine rings is 1. The Morgan fingerprint density at radius 2 is 2.29 bits per heavy atom. The number of ether oxygens (including phenoxy) is 1. The van der Waals surface area contributed by atoms with Gasteiger partial charge in [-0.05, 0) is 18.6 Å². The first kappa shape index (κ1) is 11.3. The van der Waals surface area contributed by atoms with E-state index in [1.165, 1.54) is 0 Å². The van der Waals surface area contributed by atoms with Crippen LogP contribution in [0.2, 0.25) is 5.15 Å². The van der Waals surface area contributed by atoms with Crippen molar-refractivity contribution in [2.45, 2.75) is 6.42 Å². The molecule has 1 rings (SSSR count). The van der Waals surface area contributed by atoms with Crippen molar-refractivity contribution < 1.29 is 4.74 Å². The van der Waals surface area contributed by atoms with Crippen molar-refractivity contribution in [3.05, 3.63) is 23.4 Å². The predicted octanol–water partition coefficient (Wildman–Crippen LogP) is 2.21. The molecule has 0 aliphatic heterocycles. The van der Waals surface area contributed by atoms with Gasteiger partial charge in [0.15, 0.2) is 0 Å². The van der Waals surface area contributed by atoms with Crippen LogP contribution in [0.3, 0.4) is 0 Å². The lowest BCUT2D eigenvalue weighted by Gasteiger charge is -2.17. The highest BCUT2D eigenvalue weighted by Crippen LogP contribution is 2.12.